The Labute approximate surface area is 146 Å². The van der Waals surface area contributed by atoms with E-state index in [4.69, 9.17) is 0 Å². The Bertz CT molecular complexity index is 880. The van der Waals surface area contributed by atoms with Crippen molar-refractivity contribution in [2.24, 2.45) is 7.05 Å². The Morgan fingerprint density at radius 1 is 1.33 bits per heavy atom. The molecule has 0 saturated heterocycles. The normalized spacial score (nSPS) is 12.0. The van der Waals surface area contributed by atoms with Gasteiger partial charge in [0, 0.05) is 41.9 Å². The Morgan fingerprint density at radius 3 is 2.79 bits per heavy atom. The summed E-state index contributed by atoms with van der Waals surface area (Å²) in [6.45, 7) is 0. The maximum Gasteiger partial charge on any atom is 0.253 e. The van der Waals surface area contributed by atoms with Crippen LogP contribution in [-0.4, -0.2) is 20.4 Å². The smallest absolute Gasteiger partial charge is 0.253 e. The number of nitrogens with one attached hydrogen (secondary N) is 1. The van der Waals surface area contributed by atoms with Crippen LogP contribution in [-0.2, 0) is 7.05 Å². The Hall–Kier alpha value is -2.54. The number of rotatable bonds is 4. The molecule has 0 unspecified atom stereocenters. The number of hydrogen-bond acceptors (Lipinski definition) is 3. The van der Waals surface area contributed by atoms with Gasteiger partial charge in [-0.05, 0) is 28.1 Å². The molecule has 0 radical (unpaired) electrons. The van der Waals surface area contributed by atoms with E-state index in [9.17, 15) is 9.18 Å². The number of benzene rings is 1. The minimum absolute atomic E-state index is 0.350. The molecule has 1 aromatic carbocycles. The molecule has 2 aromatic heterocycles. The molecule has 2 heterocycles. The van der Waals surface area contributed by atoms with Gasteiger partial charge in [-0.3, -0.25) is 9.78 Å². The van der Waals surface area contributed by atoms with Crippen molar-refractivity contribution in [2.45, 2.75) is 6.04 Å². The van der Waals surface area contributed by atoms with Crippen molar-refractivity contribution in [1.29, 1.82) is 0 Å². The summed E-state index contributed by atoms with van der Waals surface area (Å²) in [5.41, 5.74) is 0.725. The summed E-state index contributed by atoms with van der Waals surface area (Å²) in [5, 5.41) is 2.84. The van der Waals surface area contributed by atoms with E-state index >= 15 is 0 Å². The molecular formula is C17H14BrFN4O. The van der Waals surface area contributed by atoms with E-state index in [0.29, 0.717) is 21.4 Å². The van der Waals surface area contributed by atoms with Crippen molar-refractivity contribution in [1.82, 2.24) is 19.9 Å². The zero-order chi connectivity index (χ0) is 17.1. The lowest BCUT2D eigenvalue weighted by atomic mass is 10.0. The summed E-state index contributed by atoms with van der Waals surface area (Å²) in [4.78, 5) is 20.8. The zero-order valence-corrected chi connectivity index (χ0v) is 14.4. The van der Waals surface area contributed by atoms with E-state index in [-0.39, 0.29) is 5.91 Å². The number of aromatic nitrogens is 3. The first-order chi connectivity index (χ1) is 11.6. The fourth-order valence-electron chi connectivity index (χ4n) is 2.40. The quantitative estimate of drug-likeness (QED) is 0.746. The van der Waals surface area contributed by atoms with E-state index in [0.717, 1.165) is 0 Å². The van der Waals surface area contributed by atoms with Crippen LogP contribution in [0.1, 0.15) is 27.8 Å². The number of carbonyl (C=O) groups excluding carboxylic acids is 1. The van der Waals surface area contributed by atoms with Gasteiger partial charge in [-0.1, -0.05) is 18.2 Å². The van der Waals surface area contributed by atoms with Crippen molar-refractivity contribution in [3.05, 3.63) is 82.4 Å². The van der Waals surface area contributed by atoms with Crippen molar-refractivity contribution in [3.63, 3.8) is 0 Å². The van der Waals surface area contributed by atoms with Gasteiger partial charge in [0.1, 0.15) is 17.7 Å². The lowest BCUT2D eigenvalue weighted by Crippen LogP contribution is -2.31. The van der Waals surface area contributed by atoms with Crippen LogP contribution in [0.3, 0.4) is 0 Å². The molecule has 0 aliphatic heterocycles. The Balaban J connectivity index is 1.98. The lowest BCUT2D eigenvalue weighted by molar-refractivity contribution is 0.0940. The van der Waals surface area contributed by atoms with Crippen LogP contribution in [0.2, 0.25) is 0 Å². The topological polar surface area (TPSA) is 59.8 Å². The molecule has 1 amide bonds. The first-order valence-electron chi connectivity index (χ1n) is 7.19. The maximum absolute atomic E-state index is 14.3. The van der Waals surface area contributed by atoms with Gasteiger partial charge in [0.2, 0.25) is 0 Å². The summed E-state index contributed by atoms with van der Waals surface area (Å²) in [5.74, 6) is -0.227. The molecule has 0 aliphatic rings. The van der Waals surface area contributed by atoms with Gasteiger partial charge in [-0.15, -0.1) is 0 Å². The van der Waals surface area contributed by atoms with Gasteiger partial charge in [-0.25, -0.2) is 9.37 Å². The number of hydrogen-bond donors (Lipinski definition) is 1. The third kappa shape index (κ3) is 3.35. The summed E-state index contributed by atoms with van der Waals surface area (Å²) in [7, 11) is 1.79. The zero-order valence-electron chi connectivity index (χ0n) is 12.8. The fraction of sp³-hybridized carbons (Fsp3) is 0.118. The molecule has 3 rings (SSSR count). The van der Waals surface area contributed by atoms with E-state index in [1.54, 1.807) is 54.5 Å². The molecule has 0 aliphatic carbocycles. The Kier molecular flexibility index (Phi) is 4.71. The number of amides is 1. The van der Waals surface area contributed by atoms with Crippen LogP contribution in [0.15, 0.2) is 59.6 Å². The Morgan fingerprint density at radius 2 is 2.12 bits per heavy atom. The monoisotopic (exact) mass is 388 g/mol. The number of carbonyl (C=O) groups is 1. The molecule has 122 valence electrons. The highest BCUT2D eigenvalue weighted by Crippen LogP contribution is 2.23. The standard InChI is InChI=1S/C17H14BrFN4O/c1-23-7-6-21-16(23)15(13-4-2-3-5-14(13)19)22-17(24)11-8-12(18)10-20-9-11/h2-10,15H,1H3,(H,22,24)/t15-/m1/s1. The highest BCUT2D eigenvalue weighted by atomic mass is 79.9. The third-order valence-corrected chi connectivity index (χ3v) is 4.01. The molecule has 3 aromatic rings. The summed E-state index contributed by atoms with van der Waals surface area (Å²) in [6, 6.07) is 7.26. The van der Waals surface area contributed by atoms with E-state index in [1.807, 2.05) is 0 Å². The highest BCUT2D eigenvalue weighted by molar-refractivity contribution is 9.10. The number of pyridine rings is 1. The second-order valence-electron chi connectivity index (χ2n) is 5.22. The molecular weight excluding hydrogens is 375 g/mol. The van der Waals surface area contributed by atoms with Gasteiger partial charge >= 0.3 is 0 Å². The molecule has 0 spiro atoms. The third-order valence-electron chi connectivity index (χ3n) is 3.58. The van der Waals surface area contributed by atoms with Crippen LogP contribution >= 0.6 is 15.9 Å². The van der Waals surface area contributed by atoms with Gasteiger partial charge < -0.3 is 9.88 Å². The van der Waals surface area contributed by atoms with Crippen LogP contribution in [0.4, 0.5) is 4.39 Å². The van der Waals surface area contributed by atoms with Crippen molar-refractivity contribution < 1.29 is 9.18 Å². The SMILES string of the molecule is Cn1ccnc1[C@H](NC(=O)c1cncc(Br)c1)c1ccccc1F. The first-order valence-corrected chi connectivity index (χ1v) is 7.98. The number of halogens is 2. The van der Waals surface area contributed by atoms with Gasteiger partial charge in [0.15, 0.2) is 0 Å². The number of nitrogens with zero attached hydrogens (tertiary/aromatic N) is 3. The van der Waals surface area contributed by atoms with Gasteiger partial charge in [0.05, 0.1) is 5.56 Å². The fourth-order valence-corrected chi connectivity index (χ4v) is 2.76. The van der Waals surface area contributed by atoms with Gasteiger partial charge in [0.25, 0.3) is 5.91 Å². The predicted molar refractivity (Wildman–Crippen MR) is 90.9 cm³/mol. The lowest BCUT2D eigenvalue weighted by Gasteiger charge is -2.19. The average Bonchev–Trinajstić information content (AvgIpc) is 2.99. The minimum Gasteiger partial charge on any atom is -0.338 e. The van der Waals surface area contributed by atoms with E-state index < -0.39 is 11.9 Å². The number of aryl methyl sites for hydroxylation is 1. The van der Waals surface area contributed by atoms with E-state index in [2.05, 4.69) is 31.2 Å². The summed E-state index contributed by atoms with van der Waals surface area (Å²) in [6.07, 6.45) is 6.40. The van der Waals surface area contributed by atoms with Crippen molar-refractivity contribution in [3.8, 4) is 0 Å². The van der Waals surface area contributed by atoms with Crippen molar-refractivity contribution >= 4 is 21.8 Å². The van der Waals surface area contributed by atoms with Gasteiger partial charge in [-0.2, -0.15) is 0 Å². The van der Waals surface area contributed by atoms with Crippen LogP contribution in [0, 0.1) is 5.82 Å². The molecule has 1 atom stereocenters. The molecule has 24 heavy (non-hydrogen) atoms. The van der Waals surface area contributed by atoms with Crippen LogP contribution in [0.25, 0.3) is 0 Å². The highest BCUT2D eigenvalue weighted by Gasteiger charge is 2.24. The molecule has 7 heteroatoms. The molecule has 1 N–H and O–H groups in total. The second kappa shape index (κ2) is 6.92. The molecule has 0 saturated carbocycles. The summed E-state index contributed by atoms with van der Waals surface area (Å²) < 4.78 is 16.7. The largest absolute Gasteiger partial charge is 0.338 e. The predicted octanol–water partition coefficient (Wildman–Crippen LogP) is 3.24. The van der Waals surface area contributed by atoms with Crippen molar-refractivity contribution in [2.75, 3.05) is 0 Å². The molecule has 0 fully saturated rings. The average molecular weight is 389 g/mol. The minimum atomic E-state index is -0.710. The first kappa shape index (κ1) is 16.3. The summed E-state index contributed by atoms with van der Waals surface area (Å²) >= 11 is 3.28. The van der Waals surface area contributed by atoms with Crippen LogP contribution < -0.4 is 5.32 Å². The van der Waals surface area contributed by atoms with E-state index in [1.165, 1.54) is 12.3 Å². The second-order valence-corrected chi connectivity index (χ2v) is 6.13. The number of imidazole rings is 1. The molecule has 5 nitrogen and oxygen atoms in total. The van der Waals surface area contributed by atoms with Crippen LogP contribution in [0.5, 0.6) is 0 Å². The maximum atomic E-state index is 14.3. The molecule has 0 bridgehead atoms.